The minimum absolute atomic E-state index is 0.239. The van der Waals surface area contributed by atoms with Crippen LogP contribution in [0.2, 0.25) is 0 Å². The highest BCUT2D eigenvalue weighted by molar-refractivity contribution is 5.95. The van der Waals surface area contributed by atoms with E-state index in [1.54, 1.807) is 6.07 Å². The summed E-state index contributed by atoms with van der Waals surface area (Å²) in [6.45, 7) is 0.842. The first-order chi connectivity index (χ1) is 6.79. The van der Waals surface area contributed by atoms with Gasteiger partial charge in [-0.05, 0) is 31.6 Å². The molecule has 1 aromatic rings. The lowest BCUT2D eigenvalue weighted by Gasteiger charge is -2.07. The molecule has 1 aromatic carbocycles. The van der Waals surface area contributed by atoms with Crippen LogP contribution in [-0.4, -0.2) is 19.5 Å². The summed E-state index contributed by atoms with van der Waals surface area (Å²) in [5.41, 5.74) is 3.79. The molecule has 0 aromatic heterocycles. The molecule has 1 rings (SSSR count). The summed E-state index contributed by atoms with van der Waals surface area (Å²) in [6.07, 6.45) is 0.820. The number of hydrogen-bond donors (Lipinski definition) is 3. The number of carbonyl (C=O) groups excluding carboxylic acids is 1. The van der Waals surface area contributed by atoms with Gasteiger partial charge in [0, 0.05) is 5.56 Å². The van der Waals surface area contributed by atoms with Crippen molar-refractivity contribution in [1.82, 2.24) is 10.7 Å². The van der Waals surface area contributed by atoms with Crippen LogP contribution in [0, 0.1) is 0 Å². The third kappa shape index (κ3) is 2.55. The number of rotatable bonds is 4. The first kappa shape index (κ1) is 10.7. The fourth-order valence-corrected chi connectivity index (χ4v) is 1.30. The quantitative estimate of drug-likeness (QED) is 0.359. The lowest BCUT2D eigenvalue weighted by Crippen LogP contribution is -2.31. The first-order valence-electron chi connectivity index (χ1n) is 4.53. The van der Waals surface area contributed by atoms with E-state index in [1.165, 1.54) is 0 Å². The normalized spacial score (nSPS) is 9.86. The molecule has 76 valence electrons. The van der Waals surface area contributed by atoms with E-state index >= 15 is 0 Å². The number of nitrogens with two attached hydrogens (primary N) is 1. The largest absolute Gasteiger partial charge is 0.319 e. The number of benzene rings is 1. The van der Waals surface area contributed by atoms with E-state index in [0.717, 1.165) is 18.5 Å². The van der Waals surface area contributed by atoms with Gasteiger partial charge < -0.3 is 5.32 Å². The Bertz CT molecular complexity index is 312. The van der Waals surface area contributed by atoms with Gasteiger partial charge in [0.2, 0.25) is 0 Å². The topological polar surface area (TPSA) is 67.2 Å². The van der Waals surface area contributed by atoms with E-state index in [2.05, 4.69) is 10.7 Å². The molecular formula is C10H15N3O. The maximum atomic E-state index is 11.3. The van der Waals surface area contributed by atoms with Gasteiger partial charge in [-0.1, -0.05) is 18.2 Å². The van der Waals surface area contributed by atoms with E-state index in [0.29, 0.717) is 5.56 Å². The molecule has 14 heavy (non-hydrogen) atoms. The molecule has 0 unspecified atom stereocenters. The summed E-state index contributed by atoms with van der Waals surface area (Å²) in [7, 11) is 1.88. The zero-order chi connectivity index (χ0) is 10.4. The Hall–Kier alpha value is -1.39. The summed E-state index contributed by atoms with van der Waals surface area (Å²) < 4.78 is 0. The highest BCUT2D eigenvalue weighted by Gasteiger charge is 2.07. The monoisotopic (exact) mass is 193 g/mol. The molecule has 0 atom stereocenters. The number of carbonyl (C=O) groups is 1. The van der Waals surface area contributed by atoms with Crippen molar-refractivity contribution in [3.8, 4) is 0 Å². The summed E-state index contributed by atoms with van der Waals surface area (Å²) >= 11 is 0. The molecule has 0 aliphatic heterocycles. The number of hydrogen-bond acceptors (Lipinski definition) is 3. The van der Waals surface area contributed by atoms with Gasteiger partial charge in [0.15, 0.2) is 0 Å². The van der Waals surface area contributed by atoms with Gasteiger partial charge in [-0.25, -0.2) is 5.84 Å². The average Bonchev–Trinajstić information content (AvgIpc) is 2.25. The van der Waals surface area contributed by atoms with Crippen molar-refractivity contribution in [2.75, 3.05) is 13.6 Å². The average molecular weight is 193 g/mol. The summed E-state index contributed by atoms with van der Waals surface area (Å²) in [5.74, 6) is 4.85. The van der Waals surface area contributed by atoms with Gasteiger partial charge in [0.05, 0.1) is 0 Å². The maximum Gasteiger partial charge on any atom is 0.265 e. The lowest BCUT2D eigenvalue weighted by molar-refractivity contribution is 0.0952. The summed E-state index contributed by atoms with van der Waals surface area (Å²) in [4.78, 5) is 11.3. The smallest absolute Gasteiger partial charge is 0.265 e. The van der Waals surface area contributed by atoms with Gasteiger partial charge in [0.25, 0.3) is 5.91 Å². The molecule has 4 nitrogen and oxygen atoms in total. The molecule has 0 spiro atoms. The standard InChI is InChI=1S/C10H15N3O/c1-12-7-6-8-4-2-3-5-9(8)10(14)13-11/h2-5,12H,6-7,11H2,1H3,(H,13,14). The zero-order valence-corrected chi connectivity index (χ0v) is 8.21. The minimum Gasteiger partial charge on any atom is -0.319 e. The lowest BCUT2D eigenvalue weighted by atomic mass is 10.0. The van der Waals surface area contributed by atoms with Gasteiger partial charge >= 0.3 is 0 Å². The highest BCUT2D eigenvalue weighted by Crippen LogP contribution is 2.08. The van der Waals surface area contributed by atoms with Crippen LogP contribution in [0.3, 0.4) is 0 Å². The number of nitrogen functional groups attached to an aromatic ring is 1. The van der Waals surface area contributed by atoms with Crippen LogP contribution >= 0.6 is 0 Å². The number of amides is 1. The fraction of sp³-hybridized carbons (Fsp3) is 0.300. The van der Waals surface area contributed by atoms with E-state index in [9.17, 15) is 4.79 Å². The van der Waals surface area contributed by atoms with Gasteiger partial charge in [-0.3, -0.25) is 10.2 Å². The van der Waals surface area contributed by atoms with Gasteiger partial charge in [-0.2, -0.15) is 0 Å². The van der Waals surface area contributed by atoms with Crippen molar-refractivity contribution in [3.63, 3.8) is 0 Å². The first-order valence-corrected chi connectivity index (χ1v) is 4.53. The van der Waals surface area contributed by atoms with E-state index in [1.807, 2.05) is 25.2 Å². The zero-order valence-electron chi connectivity index (χ0n) is 8.21. The molecule has 0 saturated heterocycles. The molecular weight excluding hydrogens is 178 g/mol. The number of hydrazine groups is 1. The Balaban J connectivity index is 2.85. The second-order valence-corrected chi connectivity index (χ2v) is 2.98. The summed E-state index contributed by atoms with van der Waals surface area (Å²) in [5, 5.41) is 3.04. The number of nitrogens with one attached hydrogen (secondary N) is 2. The van der Waals surface area contributed by atoms with E-state index < -0.39 is 0 Å². The van der Waals surface area contributed by atoms with Crippen molar-refractivity contribution in [3.05, 3.63) is 35.4 Å². The Kier molecular flexibility index (Phi) is 4.10. The van der Waals surface area contributed by atoms with E-state index in [-0.39, 0.29) is 5.91 Å². The predicted molar refractivity (Wildman–Crippen MR) is 55.7 cm³/mol. The van der Waals surface area contributed by atoms with Crippen molar-refractivity contribution in [2.24, 2.45) is 5.84 Å². The molecule has 0 heterocycles. The van der Waals surface area contributed by atoms with Crippen molar-refractivity contribution >= 4 is 5.91 Å². The van der Waals surface area contributed by atoms with Crippen LogP contribution < -0.4 is 16.6 Å². The second kappa shape index (κ2) is 5.36. The Labute approximate surface area is 83.5 Å². The molecule has 4 heteroatoms. The molecule has 0 saturated carbocycles. The molecule has 4 N–H and O–H groups in total. The van der Waals surface area contributed by atoms with Gasteiger partial charge in [0.1, 0.15) is 0 Å². The molecule has 0 bridgehead atoms. The third-order valence-corrected chi connectivity index (χ3v) is 2.04. The van der Waals surface area contributed by atoms with Crippen LogP contribution in [0.15, 0.2) is 24.3 Å². The molecule has 0 aliphatic carbocycles. The van der Waals surface area contributed by atoms with Gasteiger partial charge in [-0.15, -0.1) is 0 Å². The fourth-order valence-electron chi connectivity index (χ4n) is 1.30. The van der Waals surface area contributed by atoms with Crippen LogP contribution in [0.1, 0.15) is 15.9 Å². The van der Waals surface area contributed by atoms with Crippen molar-refractivity contribution in [2.45, 2.75) is 6.42 Å². The Morgan fingerprint density at radius 1 is 1.43 bits per heavy atom. The van der Waals surface area contributed by atoms with E-state index in [4.69, 9.17) is 5.84 Å². The molecule has 0 fully saturated rings. The van der Waals surface area contributed by atoms with Crippen LogP contribution in [-0.2, 0) is 6.42 Å². The third-order valence-electron chi connectivity index (χ3n) is 2.04. The van der Waals surface area contributed by atoms with Crippen molar-refractivity contribution < 1.29 is 4.79 Å². The maximum absolute atomic E-state index is 11.3. The predicted octanol–water partition coefficient (Wildman–Crippen LogP) is 0.0520. The summed E-state index contributed by atoms with van der Waals surface area (Å²) in [6, 6.07) is 7.45. The number of likely N-dealkylation sites (N-methyl/N-ethyl adjacent to an activating group) is 1. The molecule has 1 amide bonds. The Morgan fingerprint density at radius 3 is 2.79 bits per heavy atom. The van der Waals surface area contributed by atoms with Crippen LogP contribution in [0.4, 0.5) is 0 Å². The van der Waals surface area contributed by atoms with Crippen LogP contribution in [0.5, 0.6) is 0 Å². The SMILES string of the molecule is CNCCc1ccccc1C(=O)NN. The van der Waals surface area contributed by atoms with Crippen molar-refractivity contribution in [1.29, 1.82) is 0 Å². The second-order valence-electron chi connectivity index (χ2n) is 2.98. The highest BCUT2D eigenvalue weighted by atomic mass is 16.2. The van der Waals surface area contributed by atoms with Crippen LogP contribution in [0.25, 0.3) is 0 Å². The minimum atomic E-state index is -0.239. The molecule has 0 radical (unpaired) electrons. The Morgan fingerprint density at radius 2 is 2.14 bits per heavy atom. The molecule has 0 aliphatic rings.